The number of benzene rings is 6. The molecule has 6 aromatic carbocycles. The zero-order valence-corrected chi connectivity index (χ0v) is 34.1. The number of amides is 1. The third-order valence-electron chi connectivity index (χ3n) is 9.35. The van der Waals surface area contributed by atoms with E-state index in [1.807, 2.05) is 91.8 Å². The molecule has 12 nitrogen and oxygen atoms in total. The van der Waals surface area contributed by atoms with E-state index in [-0.39, 0.29) is 27.6 Å². The Labute approximate surface area is 344 Å². The maximum Gasteiger partial charge on any atom is 0.268 e. The molecular formula is C44H47ClN6O6S. The fourth-order valence-corrected chi connectivity index (χ4v) is 7.50. The van der Waals surface area contributed by atoms with Crippen molar-refractivity contribution in [3.63, 3.8) is 0 Å². The van der Waals surface area contributed by atoms with Crippen molar-refractivity contribution < 1.29 is 23.2 Å². The van der Waals surface area contributed by atoms with Gasteiger partial charge < -0.3 is 30.8 Å². The van der Waals surface area contributed by atoms with E-state index in [0.29, 0.717) is 42.6 Å². The lowest BCUT2D eigenvalue weighted by Crippen LogP contribution is -2.35. The number of carbonyl (C=O) groups is 1. The average molecular weight is 823 g/mol. The minimum Gasteiger partial charge on any atom is -0.593 e. The summed E-state index contributed by atoms with van der Waals surface area (Å²) in [5.41, 5.74) is 3.98. The van der Waals surface area contributed by atoms with Crippen molar-refractivity contribution in [2.45, 2.75) is 17.9 Å². The third kappa shape index (κ3) is 11.1. The van der Waals surface area contributed by atoms with E-state index in [9.17, 15) is 23.6 Å². The van der Waals surface area contributed by atoms with Gasteiger partial charge in [-0.15, -0.1) is 0 Å². The second-order valence-electron chi connectivity index (χ2n) is 14.2. The molecule has 302 valence electrons. The van der Waals surface area contributed by atoms with Crippen LogP contribution >= 0.6 is 11.6 Å². The summed E-state index contributed by atoms with van der Waals surface area (Å²) in [6.07, 6.45) is 0.742. The SMILES string of the molecule is CN(C)CCCNc1ccc(S(=O)(=O)NC(=O)c2ccc(NCCNCc3ccccc3-c3ccc(Cl)cc3)cc2Oc2ccc3ccccc3c2)cc1[N+](C)([O-])O. The molecule has 0 saturated heterocycles. The van der Waals surface area contributed by atoms with Gasteiger partial charge >= 0.3 is 0 Å². The van der Waals surface area contributed by atoms with Crippen LogP contribution in [-0.4, -0.2) is 71.8 Å². The van der Waals surface area contributed by atoms with Gasteiger partial charge in [0.2, 0.25) is 0 Å². The van der Waals surface area contributed by atoms with Crippen LogP contribution in [0.15, 0.2) is 132 Å². The highest BCUT2D eigenvalue weighted by Crippen LogP contribution is 2.33. The number of carbonyl (C=O) groups excluding carboxylic acids is 1. The van der Waals surface area contributed by atoms with Gasteiger partial charge in [0.05, 0.1) is 16.1 Å². The van der Waals surface area contributed by atoms with Gasteiger partial charge in [0.15, 0.2) is 5.69 Å². The van der Waals surface area contributed by atoms with Gasteiger partial charge in [0.1, 0.15) is 18.5 Å². The van der Waals surface area contributed by atoms with Crippen LogP contribution in [-0.2, 0) is 16.6 Å². The van der Waals surface area contributed by atoms with E-state index in [4.69, 9.17) is 16.3 Å². The van der Waals surface area contributed by atoms with E-state index in [0.717, 1.165) is 53.5 Å². The number of anilines is 2. The molecule has 0 aliphatic rings. The van der Waals surface area contributed by atoms with E-state index in [1.165, 1.54) is 18.2 Å². The number of quaternary nitrogens is 1. The molecule has 0 aliphatic carbocycles. The molecule has 14 heteroatoms. The molecule has 5 N–H and O–H groups in total. The number of nitrogens with one attached hydrogen (secondary N) is 4. The second kappa shape index (κ2) is 18.8. The monoisotopic (exact) mass is 822 g/mol. The molecule has 6 rings (SSSR count). The maximum atomic E-state index is 13.8. The summed E-state index contributed by atoms with van der Waals surface area (Å²) in [5.74, 6) is -0.378. The van der Waals surface area contributed by atoms with Crippen LogP contribution in [0.1, 0.15) is 22.3 Å². The van der Waals surface area contributed by atoms with E-state index in [1.54, 1.807) is 18.2 Å². The van der Waals surface area contributed by atoms with Gasteiger partial charge in [-0.05, 0) is 103 Å². The molecule has 58 heavy (non-hydrogen) atoms. The molecule has 0 spiro atoms. The van der Waals surface area contributed by atoms with Crippen LogP contribution < -0.4 is 30.2 Å². The van der Waals surface area contributed by atoms with E-state index < -0.39 is 20.7 Å². The lowest BCUT2D eigenvalue weighted by molar-refractivity contribution is -0.00400. The topological polar surface area (TPSA) is 155 Å². The van der Waals surface area contributed by atoms with Gasteiger partial charge in [0.25, 0.3) is 15.9 Å². The van der Waals surface area contributed by atoms with Crippen LogP contribution in [0.5, 0.6) is 11.5 Å². The fraction of sp³-hybridized carbons (Fsp3) is 0.205. The molecule has 0 radical (unpaired) electrons. The lowest BCUT2D eigenvalue weighted by atomic mass is 10.00. The van der Waals surface area contributed by atoms with Crippen molar-refractivity contribution in [2.24, 2.45) is 0 Å². The number of halogens is 1. The summed E-state index contributed by atoms with van der Waals surface area (Å²) in [6.45, 7) is 3.04. The molecule has 1 atom stereocenters. The Kier molecular flexibility index (Phi) is 13.7. The molecule has 1 unspecified atom stereocenters. The number of rotatable bonds is 18. The highest BCUT2D eigenvalue weighted by atomic mass is 35.5. The maximum absolute atomic E-state index is 13.8. The van der Waals surface area contributed by atoms with Crippen LogP contribution in [0, 0.1) is 5.21 Å². The van der Waals surface area contributed by atoms with Gasteiger partial charge in [-0.1, -0.05) is 78.3 Å². The van der Waals surface area contributed by atoms with Crippen LogP contribution in [0.25, 0.3) is 21.9 Å². The molecule has 6 aromatic rings. The summed E-state index contributed by atoms with van der Waals surface area (Å²) in [7, 11) is 0.332. The highest BCUT2D eigenvalue weighted by Gasteiger charge is 2.26. The summed E-state index contributed by atoms with van der Waals surface area (Å²) in [4.78, 5) is 13.5. The first kappa shape index (κ1) is 42.1. The molecular weight excluding hydrogens is 776 g/mol. The van der Waals surface area contributed by atoms with Crippen LogP contribution in [0.3, 0.4) is 0 Å². The van der Waals surface area contributed by atoms with E-state index in [2.05, 4.69) is 32.8 Å². The molecule has 0 aliphatic heterocycles. The Bertz CT molecular complexity index is 2470. The van der Waals surface area contributed by atoms with Crippen molar-refractivity contribution >= 4 is 55.4 Å². The van der Waals surface area contributed by atoms with Gasteiger partial charge in [-0.25, -0.2) is 18.3 Å². The number of sulfonamides is 1. The zero-order chi connectivity index (χ0) is 41.3. The van der Waals surface area contributed by atoms with Crippen LogP contribution in [0.2, 0.25) is 5.02 Å². The molecule has 0 heterocycles. The first-order valence-electron chi connectivity index (χ1n) is 18.8. The fourth-order valence-electron chi connectivity index (χ4n) is 6.39. The Morgan fingerprint density at radius 1 is 0.828 bits per heavy atom. The summed E-state index contributed by atoms with van der Waals surface area (Å²) in [6, 6.07) is 37.7. The molecule has 0 fully saturated rings. The van der Waals surface area contributed by atoms with E-state index >= 15 is 0 Å². The zero-order valence-electron chi connectivity index (χ0n) is 32.5. The highest BCUT2D eigenvalue weighted by molar-refractivity contribution is 7.90. The minimum atomic E-state index is -4.52. The number of hydroxylamine groups is 2. The van der Waals surface area contributed by atoms with Crippen molar-refractivity contribution in [1.82, 2.24) is 19.7 Å². The second-order valence-corrected chi connectivity index (χ2v) is 16.3. The van der Waals surface area contributed by atoms with Gasteiger partial charge in [-0.3, -0.25) is 4.79 Å². The first-order chi connectivity index (χ1) is 27.8. The van der Waals surface area contributed by atoms with Crippen LogP contribution in [0.4, 0.5) is 17.1 Å². The average Bonchev–Trinajstić information content (AvgIpc) is 3.19. The smallest absolute Gasteiger partial charge is 0.268 e. The Hall–Kier alpha value is -5.51. The Morgan fingerprint density at radius 3 is 2.33 bits per heavy atom. The summed E-state index contributed by atoms with van der Waals surface area (Å²) >= 11 is 6.10. The summed E-state index contributed by atoms with van der Waals surface area (Å²) < 4.78 is 35.7. The number of ether oxygens (including phenoxy) is 1. The standard InChI is InChI=1S/C44H47ClN6O6S/c1-50(2)26-8-23-48-41-22-20-38(29-42(41)51(3,53)54)58(55,56)49-44(52)40-21-18-36(28-43(40)57-37-19-15-31-9-4-5-10-33(31)27-37)47-25-24-46-30-34-11-6-7-12-39(34)32-13-16-35(45)17-14-32/h4-7,9-22,27-29,46-48,53H,8,23-26,30H2,1-3H3,(H,49,52). The number of hydrogen-bond donors (Lipinski definition) is 5. The quantitative estimate of drug-likeness (QED) is 0.0324. The predicted molar refractivity (Wildman–Crippen MR) is 233 cm³/mol. The van der Waals surface area contributed by atoms with Gasteiger partial charge in [0, 0.05) is 49.0 Å². The number of hydrogen-bond acceptors (Lipinski definition) is 10. The largest absolute Gasteiger partial charge is 0.593 e. The van der Waals surface area contributed by atoms with Crippen molar-refractivity contribution in [3.05, 3.63) is 149 Å². The van der Waals surface area contributed by atoms with Gasteiger partial charge in [-0.2, -0.15) is 4.81 Å². The number of fused-ring (bicyclic) bond motifs is 1. The van der Waals surface area contributed by atoms with Crippen molar-refractivity contribution in [3.8, 4) is 22.6 Å². The van der Waals surface area contributed by atoms with Crippen molar-refractivity contribution in [2.75, 3.05) is 58.0 Å². The summed E-state index contributed by atoms with van der Waals surface area (Å²) in [5, 5.41) is 35.6. The molecule has 1 amide bonds. The first-order valence-corrected chi connectivity index (χ1v) is 20.6. The predicted octanol–water partition coefficient (Wildman–Crippen LogP) is 8.46. The molecule has 0 bridgehead atoms. The normalized spacial score (nSPS) is 12.6. The minimum absolute atomic E-state index is 0.0368. The lowest BCUT2D eigenvalue weighted by Gasteiger charge is -2.30. The molecule has 0 aromatic heterocycles. The number of nitrogens with zero attached hydrogens (tertiary/aromatic N) is 2. The Balaban J connectivity index is 1.18. The molecule has 0 saturated carbocycles. The Morgan fingerprint density at radius 2 is 1.57 bits per heavy atom. The van der Waals surface area contributed by atoms with Crippen molar-refractivity contribution in [1.29, 1.82) is 0 Å². The third-order valence-corrected chi connectivity index (χ3v) is 10.9.